The molecule has 0 unspecified atom stereocenters. The second kappa shape index (κ2) is 5.10. The van der Waals surface area contributed by atoms with Crippen LogP contribution in [0.15, 0.2) is 10.7 Å². The van der Waals surface area contributed by atoms with E-state index < -0.39 is 0 Å². The molecule has 5 heteroatoms. The van der Waals surface area contributed by atoms with Crippen LogP contribution in [-0.4, -0.2) is 28.8 Å². The van der Waals surface area contributed by atoms with Crippen molar-refractivity contribution in [3.05, 3.63) is 16.4 Å². The lowest BCUT2D eigenvalue weighted by Gasteiger charge is -2.21. The van der Waals surface area contributed by atoms with E-state index in [1.54, 1.807) is 10.9 Å². The fourth-order valence-electron chi connectivity index (χ4n) is 2.00. The van der Waals surface area contributed by atoms with Gasteiger partial charge >= 0.3 is 0 Å². The fourth-order valence-corrected chi connectivity index (χ4v) is 2.49. The molecule has 16 heavy (non-hydrogen) atoms. The number of carbonyl (C=O) groups is 1. The molecule has 4 nitrogen and oxygen atoms in total. The maximum atomic E-state index is 12.3. The Kier molecular flexibility index (Phi) is 3.76. The van der Waals surface area contributed by atoms with Gasteiger partial charge in [0.1, 0.15) is 5.69 Å². The number of halogens is 1. The van der Waals surface area contributed by atoms with E-state index in [2.05, 4.69) is 21.0 Å². The summed E-state index contributed by atoms with van der Waals surface area (Å²) in [7, 11) is 0. The van der Waals surface area contributed by atoms with Gasteiger partial charge in [-0.05, 0) is 35.7 Å². The molecule has 88 valence electrons. The molecule has 0 N–H and O–H groups in total. The molecule has 1 saturated heterocycles. The van der Waals surface area contributed by atoms with Crippen LogP contribution in [0.2, 0.25) is 0 Å². The minimum atomic E-state index is 0.0899. The van der Waals surface area contributed by atoms with Crippen molar-refractivity contribution in [3.8, 4) is 0 Å². The zero-order chi connectivity index (χ0) is 11.5. The first kappa shape index (κ1) is 11.8. The zero-order valence-corrected chi connectivity index (χ0v) is 10.9. The van der Waals surface area contributed by atoms with Gasteiger partial charge in [0.05, 0.1) is 10.7 Å². The molecule has 0 bridgehead atoms. The van der Waals surface area contributed by atoms with Crippen LogP contribution >= 0.6 is 15.9 Å². The van der Waals surface area contributed by atoms with Crippen LogP contribution in [0.3, 0.4) is 0 Å². The van der Waals surface area contributed by atoms with E-state index >= 15 is 0 Å². The number of nitrogens with zero attached hydrogens (tertiary/aromatic N) is 2. The first-order valence-electron chi connectivity index (χ1n) is 5.57. The smallest absolute Gasteiger partial charge is 0.185 e. The van der Waals surface area contributed by atoms with Crippen molar-refractivity contribution in [1.82, 2.24) is 9.78 Å². The number of rotatable bonds is 3. The highest BCUT2D eigenvalue weighted by atomic mass is 79.9. The van der Waals surface area contributed by atoms with Crippen molar-refractivity contribution in [3.63, 3.8) is 0 Å². The lowest BCUT2D eigenvalue weighted by atomic mass is 9.93. The summed E-state index contributed by atoms with van der Waals surface area (Å²) in [6.07, 6.45) is 3.33. The summed E-state index contributed by atoms with van der Waals surface area (Å²) in [5.41, 5.74) is 0.703. The van der Waals surface area contributed by atoms with Gasteiger partial charge in [-0.3, -0.25) is 9.48 Å². The SMILES string of the molecule is CCn1ncc(Br)c1C(=O)C1CCOCC1. The van der Waals surface area contributed by atoms with Gasteiger partial charge in [0.25, 0.3) is 0 Å². The summed E-state index contributed by atoms with van der Waals surface area (Å²) in [5, 5.41) is 4.17. The number of hydrogen-bond acceptors (Lipinski definition) is 3. The second-order valence-electron chi connectivity index (χ2n) is 3.91. The number of Topliss-reactive ketones (excluding diaryl/α,β-unsaturated/α-hetero) is 1. The van der Waals surface area contributed by atoms with Crippen LogP contribution in [0.1, 0.15) is 30.3 Å². The number of carbonyl (C=O) groups excluding carboxylic acids is 1. The molecule has 0 aliphatic carbocycles. The van der Waals surface area contributed by atoms with E-state index in [1.807, 2.05) is 6.92 Å². The molecule has 1 fully saturated rings. The summed E-state index contributed by atoms with van der Waals surface area (Å²) in [4.78, 5) is 12.3. The first-order valence-corrected chi connectivity index (χ1v) is 6.36. The number of hydrogen-bond donors (Lipinski definition) is 0. The predicted octanol–water partition coefficient (Wildman–Crippen LogP) is 2.27. The highest BCUT2D eigenvalue weighted by Gasteiger charge is 2.27. The van der Waals surface area contributed by atoms with Crippen LogP contribution in [0.4, 0.5) is 0 Å². The van der Waals surface area contributed by atoms with E-state index in [9.17, 15) is 4.79 Å². The Balaban J connectivity index is 2.21. The minimum Gasteiger partial charge on any atom is -0.381 e. The van der Waals surface area contributed by atoms with Crippen molar-refractivity contribution >= 4 is 21.7 Å². The molecule has 2 heterocycles. The highest BCUT2D eigenvalue weighted by molar-refractivity contribution is 9.10. The molecule has 0 aromatic carbocycles. The lowest BCUT2D eigenvalue weighted by molar-refractivity contribution is 0.0537. The minimum absolute atomic E-state index is 0.0899. The van der Waals surface area contributed by atoms with E-state index in [0.29, 0.717) is 18.9 Å². The normalized spacial score (nSPS) is 17.6. The molecule has 1 aromatic heterocycles. The molecular weight excluding hydrogens is 272 g/mol. The summed E-state index contributed by atoms with van der Waals surface area (Å²) < 4.78 is 7.82. The molecule has 1 aliphatic rings. The lowest BCUT2D eigenvalue weighted by Crippen LogP contribution is -2.25. The fraction of sp³-hybridized carbons (Fsp3) is 0.636. The third-order valence-electron chi connectivity index (χ3n) is 2.92. The topological polar surface area (TPSA) is 44.1 Å². The Hall–Kier alpha value is -0.680. The monoisotopic (exact) mass is 286 g/mol. The van der Waals surface area contributed by atoms with Gasteiger partial charge in [-0.25, -0.2) is 0 Å². The van der Waals surface area contributed by atoms with E-state index in [-0.39, 0.29) is 11.7 Å². The van der Waals surface area contributed by atoms with Gasteiger partial charge in [0.15, 0.2) is 5.78 Å². The molecule has 2 rings (SSSR count). The zero-order valence-electron chi connectivity index (χ0n) is 9.28. The Morgan fingerprint density at radius 2 is 2.31 bits per heavy atom. The molecule has 0 saturated carbocycles. The number of ketones is 1. The van der Waals surface area contributed by atoms with Gasteiger partial charge in [-0.2, -0.15) is 5.10 Å². The van der Waals surface area contributed by atoms with Crippen LogP contribution in [0.5, 0.6) is 0 Å². The average molecular weight is 287 g/mol. The summed E-state index contributed by atoms with van der Waals surface area (Å²) in [5.74, 6) is 0.279. The summed E-state index contributed by atoms with van der Waals surface area (Å²) >= 11 is 3.39. The van der Waals surface area contributed by atoms with Crippen LogP contribution < -0.4 is 0 Å². The second-order valence-corrected chi connectivity index (χ2v) is 4.76. The molecule has 0 amide bonds. The third-order valence-corrected chi connectivity index (χ3v) is 3.50. The van der Waals surface area contributed by atoms with Gasteiger partial charge in [0.2, 0.25) is 0 Å². The molecule has 1 aromatic rings. The standard InChI is InChI=1S/C11H15BrN2O2/c1-2-14-10(9(12)7-13-14)11(15)8-3-5-16-6-4-8/h7-8H,2-6H2,1H3. The van der Waals surface area contributed by atoms with Crippen molar-refractivity contribution < 1.29 is 9.53 Å². The maximum absolute atomic E-state index is 12.3. The molecule has 0 atom stereocenters. The van der Waals surface area contributed by atoms with Gasteiger partial charge in [0, 0.05) is 25.7 Å². The van der Waals surface area contributed by atoms with Crippen LogP contribution in [0, 0.1) is 5.92 Å². The number of ether oxygens (including phenoxy) is 1. The number of aryl methyl sites for hydroxylation is 1. The van der Waals surface area contributed by atoms with Gasteiger partial charge < -0.3 is 4.74 Å². The van der Waals surface area contributed by atoms with E-state index in [4.69, 9.17) is 4.74 Å². The van der Waals surface area contributed by atoms with E-state index in [0.717, 1.165) is 23.9 Å². The highest BCUT2D eigenvalue weighted by Crippen LogP contribution is 2.24. The third kappa shape index (κ3) is 2.20. The van der Waals surface area contributed by atoms with Crippen molar-refractivity contribution in [2.45, 2.75) is 26.3 Å². The average Bonchev–Trinajstić information content (AvgIpc) is 2.70. The summed E-state index contributed by atoms with van der Waals surface area (Å²) in [6, 6.07) is 0. The quantitative estimate of drug-likeness (QED) is 0.801. The Morgan fingerprint density at radius 3 is 2.94 bits per heavy atom. The molecule has 0 radical (unpaired) electrons. The summed E-state index contributed by atoms with van der Waals surface area (Å²) in [6.45, 7) is 4.08. The van der Waals surface area contributed by atoms with Gasteiger partial charge in [-0.1, -0.05) is 0 Å². The molecule has 1 aliphatic heterocycles. The number of aromatic nitrogens is 2. The van der Waals surface area contributed by atoms with E-state index in [1.165, 1.54) is 0 Å². The molecular formula is C11H15BrN2O2. The van der Waals surface area contributed by atoms with Crippen LogP contribution in [0.25, 0.3) is 0 Å². The Morgan fingerprint density at radius 1 is 1.62 bits per heavy atom. The van der Waals surface area contributed by atoms with Crippen molar-refractivity contribution in [1.29, 1.82) is 0 Å². The Bertz CT molecular complexity index is 383. The first-order chi connectivity index (χ1) is 7.74. The van der Waals surface area contributed by atoms with Crippen molar-refractivity contribution in [2.24, 2.45) is 5.92 Å². The van der Waals surface area contributed by atoms with Crippen molar-refractivity contribution in [2.75, 3.05) is 13.2 Å². The Labute approximate surface area is 103 Å². The largest absolute Gasteiger partial charge is 0.381 e. The van der Waals surface area contributed by atoms with Crippen LogP contribution in [-0.2, 0) is 11.3 Å². The maximum Gasteiger partial charge on any atom is 0.185 e. The molecule has 0 spiro atoms. The predicted molar refractivity (Wildman–Crippen MR) is 63.5 cm³/mol. The van der Waals surface area contributed by atoms with Gasteiger partial charge in [-0.15, -0.1) is 0 Å².